The van der Waals surface area contributed by atoms with Crippen LogP contribution in [0.1, 0.15) is 66.1 Å². The van der Waals surface area contributed by atoms with Crippen LogP contribution in [0.25, 0.3) is 0 Å². The third-order valence-corrected chi connectivity index (χ3v) is 5.50. The summed E-state index contributed by atoms with van der Waals surface area (Å²) in [4.78, 5) is 22.8. The molecule has 1 saturated carbocycles. The summed E-state index contributed by atoms with van der Waals surface area (Å²) in [5.41, 5.74) is 2.64. The van der Waals surface area contributed by atoms with Gasteiger partial charge in [0.25, 0.3) is 5.91 Å². The lowest BCUT2D eigenvalue weighted by Crippen LogP contribution is -2.40. The van der Waals surface area contributed by atoms with Crippen LogP contribution in [-0.2, 0) is 13.0 Å². The summed E-state index contributed by atoms with van der Waals surface area (Å²) in [6, 6.07) is 1.92. The molecule has 1 amide bonds. The zero-order chi connectivity index (χ0) is 18.3. The smallest absolute Gasteiger partial charge is 0.273 e. The zero-order valence-corrected chi connectivity index (χ0v) is 15.7. The minimum absolute atomic E-state index is 0.123. The molecule has 7 heteroatoms. The highest BCUT2D eigenvalue weighted by atomic mass is 16.5. The largest absolute Gasteiger partial charge is 0.360 e. The second kappa shape index (κ2) is 6.87. The Labute approximate surface area is 153 Å². The second-order valence-electron chi connectivity index (χ2n) is 7.74. The Bertz CT molecular complexity index is 792. The number of hydrogen-bond donors (Lipinski definition) is 2. The molecule has 0 aromatic carbocycles. The highest BCUT2D eigenvalue weighted by Crippen LogP contribution is 2.40. The van der Waals surface area contributed by atoms with Crippen LogP contribution in [0, 0.1) is 12.8 Å². The Morgan fingerprint density at radius 1 is 1.42 bits per heavy atom. The van der Waals surface area contributed by atoms with Crippen LogP contribution in [-0.4, -0.2) is 45.1 Å². The van der Waals surface area contributed by atoms with Gasteiger partial charge in [-0.2, -0.15) is 0 Å². The van der Waals surface area contributed by atoms with Crippen LogP contribution in [0.4, 0.5) is 0 Å². The molecular formula is C19H27N5O2. The van der Waals surface area contributed by atoms with E-state index in [0.29, 0.717) is 17.5 Å². The van der Waals surface area contributed by atoms with Crippen molar-refractivity contribution in [1.82, 2.24) is 25.3 Å². The van der Waals surface area contributed by atoms with Crippen molar-refractivity contribution >= 4 is 5.91 Å². The summed E-state index contributed by atoms with van der Waals surface area (Å²) in [5.74, 6) is 2.60. The van der Waals surface area contributed by atoms with Crippen molar-refractivity contribution < 1.29 is 9.32 Å². The molecule has 26 heavy (non-hydrogen) atoms. The molecule has 2 aromatic rings. The molecule has 3 heterocycles. The number of carbonyl (C=O) groups is 1. The number of imidazole rings is 1. The second-order valence-corrected chi connectivity index (χ2v) is 7.74. The van der Waals surface area contributed by atoms with E-state index in [-0.39, 0.29) is 11.9 Å². The molecule has 0 unspecified atom stereocenters. The molecule has 0 bridgehead atoms. The lowest BCUT2D eigenvalue weighted by molar-refractivity contribution is 0.0922. The van der Waals surface area contributed by atoms with Gasteiger partial charge in [0.2, 0.25) is 0 Å². The maximum absolute atomic E-state index is 12.5. The van der Waals surface area contributed by atoms with E-state index in [1.165, 1.54) is 5.69 Å². The number of nitrogens with one attached hydrogen (secondary N) is 2. The fraction of sp³-hybridized carbons (Fsp3) is 0.632. The molecule has 1 aliphatic heterocycles. The van der Waals surface area contributed by atoms with Gasteiger partial charge in [0, 0.05) is 44.1 Å². The van der Waals surface area contributed by atoms with Crippen molar-refractivity contribution in [3.63, 3.8) is 0 Å². The topological polar surface area (TPSA) is 87.1 Å². The molecule has 2 atom stereocenters. The van der Waals surface area contributed by atoms with Crippen molar-refractivity contribution in [2.24, 2.45) is 5.92 Å². The van der Waals surface area contributed by atoms with Crippen LogP contribution in [0.15, 0.2) is 10.6 Å². The van der Waals surface area contributed by atoms with Gasteiger partial charge in [-0.1, -0.05) is 19.0 Å². The number of aryl methyl sites for hydroxylation is 2. The van der Waals surface area contributed by atoms with E-state index >= 15 is 0 Å². The first kappa shape index (κ1) is 17.3. The maximum atomic E-state index is 12.5. The van der Waals surface area contributed by atoms with E-state index in [1.54, 1.807) is 6.07 Å². The van der Waals surface area contributed by atoms with Crippen LogP contribution in [0.2, 0.25) is 0 Å². The molecule has 140 valence electrons. The van der Waals surface area contributed by atoms with Crippen molar-refractivity contribution in [3.05, 3.63) is 34.7 Å². The van der Waals surface area contributed by atoms with E-state index in [1.807, 2.05) is 6.92 Å². The number of rotatable bonds is 6. The van der Waals surface area contributed by atoms with Crippen molar-refractivity contribution in [1.29, 1.82) is 0 Å². The van der Waals surface area contributed by atoms with Gasteiger partial charge in [-0.15, -0.1) is 0 Å². The highest BCUT2D eigenvalue weighted by molar-refractivity contribution is 5.92. The Kier molecular flexibility index (Phi) is 4.56. The Morgan fingerprint density at radius 3 is 2.92 bits per heavy atom. The number of nitrogens with zero attached hydrogens (tertiary/aromatic N) is 3. The van der Waals surface area contributed by atoms with Gasteiger partial charge in [0.05, 0.1) is 11.4 Å². The monoisotopic (exact) mass is 357 g/mol. The Balaban J connectivity index is 1.35. The Morgan fingerprint density at radius 2 is 2.23 bits per heavy atom. The average Bonchev–Trinajstić information content (AvgIpc) is 3.08. The first-order chi connectivity index (χ1) is 12.5. The molecule has 0 radical (unpaired) electrons. The number of aromatic amines is 1. The third-order valence-electron chi connectivity index (χ3n) is 5.50. The normalized spacial score (nSPS) is 23.5. The first-order valence-corrected chi connectivity index (χ1v) is 9.57. The van der Waals surface area contributed by atoms with Crippen molar-refractivity contribution in [2.45, 2.75) is 58.5 Å². The van der Waals surface area contributed by atoms with Crippen LogP contribution in [0.5, 0.6) is 0 Å². The van der Waals surface area contributed by atoms with Gasteiger partial charge >= 0.3 is 0 Å². The molecule has 2 aromatic heterocycles. The van der Waals surface area contributed by atoms with Gasteiger partial charge in [-0.3, -0.25) is 9.69 Å². The molecule has 1 aliphatic carbocycles. The number of hydrogen-bond acceptors (Lipinski definition) is 5. The maximum Gasteiger partial charge on any atom is 0.273 e. The number of amides is 1. The fourth-order valence-corrected chi connectivity index (χ4v) is 3.69. The third kappa shape index (κ3) is 3.53. The van der Waals surface area contributed by atoms with Crippen molar-refractivity contribution in [3.8, 4) is 0 Å². The van der Waals surface area contributed by atoms with Crippen LogP contribution >= 0.6 is 0 Å². The van der Waals surface area contributed by atoms with Crippen LogP contribution in [0.3, 0.4) is 0 Å². The Hall–Kier alpha value is -2.15. The molecule has 1 saturated heterocycles. The summed E-state index contributed by atoms with van der Waals surface area (Å²) in [5, 5.41) is 7.08. The van der Waals surface area contributed by atoms with E-state index in [4.69, 9.17) is 4.52 Å². The predicted molar refractivity (Wildman–Crippen MR) is 96.9 cm³/mol. The lowest BCUT2D eigenvalue weighted by atomic mass is 10.1. The quantitative estimate of drug-likeness (QED) is 0.829. The standard InChI is InChI=1S/C19H27N5O2/c1-4-18-20-12(3)16(21-18)10-24-8-11(2)15(9-24)22-19(25)14-7-17(26-23-14)13-5-6-13/h7,11,13,15H,4-6,8-10H2,1-3H3,(H,20,21)(H,22,25)/t11-,15+/m0/s1. The molecule has 7 nitrogen and oxygen atoms in total. The minimum Gasteiger partial charge on any atom is -0.360 e. The van der Waals surface area contributed by atoms with E-state index in [2.05, 4.69) is 39.2 Å². The lowest BCUT2D eigenvalue weighted by Gasteiger charge is -2.16. The SMILES string of the molecule is CCc1nc(C)c(CN2C[C@H](C)[C@H](NC(=O)c3cc(C4CC4)on3)C2)[nH]1. The summed E-state index contributed by atoms with van der Waals surface area (Å²) >= 11 is 0. The first-order valence-electron chi connectivity index (χ1n) is 9.57. The molecule has 2 fully saturated rings. The number of carbonyl (C=O) groups excluding carboxylic acids is 1. The minimum atomic E-state index is -0.134. The van der Waals surface area contributed by atoms with Crippen molar-refractivity contribution in [2.75, 3.05) is 13.1 Å². The van der Waals surface area contributed by atoms with Gasteiger partial charge in [0.15, 0.2) is 5.69 Å². The number of aromatic nitrogens is 3. The van der Waals surface area contributed by atoms with Gasteiger partial charge in [-0.05, 0) is 25.7 Å². The molecule has 0 spiro atoms. The summed E-state index contributed by atoms with van der Waals surface area (Å²) in [6.07, 6.45) is 3.19. The molecule has 2 N–H and O–H groups in total. The van der Waals surface area contributed by atoms with Gasteiger partial charge < -0.3 is 14.8 Å². The predicted octanol–water partition coefficient (Wildman–Crippen LogP) is 2.40. The molecule has 4 rings (SSSR count). The average molecular weight is 357 g/mol. The summed E-state index contributed by atoms with van der Waals surface area (Å²) in [7, 11) is 0. The van der Waals surface area contributed by atoms with E-state index in [9.17, 15) is 4.79 Å². The fourth-order valence-electron chi connectivity index (χ4n) is 3.69. The number of likely N-dealkylation sites (tertiary alicyclic amines) is 1. The van der Waals surface area contributed by atoms with E-state index < -0.39 is 0 Å². The van der Waals surface area contributed by atoms with Gasteiger partial charge in [-0.25, -0.2) is 4.98 Å². The number of H-pyrrole nitrogens is 1. The molecule has 2 aliphatic rings. The zero-order valence-electron chi connectivity index (χ0n) is 15.7. The summed E-state index contributed by atoms with van der Waals surface area (Å²) in [6.45, 7) is 8.96. The van der Waals surface area contributed by atoms with Crippen LogP contribution < -0.4 is 5.32 Å². The molecular weight excluding hydrogens is 330 g/mol. The highest BCUT2D eigenvalue weighted by Gasteiger charge is 2.33. The van der Waals surface area contributed by atoms with Gasteiger partial charge in [0.1, 0.15) is 11.6 Å². The summed E-state index contributed by atoms with van der Waals surface area (Å²) < 4.78 is 5.29. The van der Waals surface area contributed by atoms with E-state index in [0.717, 1.165) is 56.2 Å².